The molecule has 0 saturated heterocycles. The summed E-state index contributed by atoms with van der Waals surface area (Å²) < 4.78 is 3.62. The number of fused-ring (bicyclic) bond motifs is 2. The second-order valence-electron chi connectivity index (χ2n) is 7.61. The molecular formula is C23H19ClN4O2S. The summed E-state index contributed by atoms with van der Waals surface area (Å²) in [5, 5.41) is 1.32. The van der Waals surface area contributed by atoms with E-state index in [4.69, 9.17) is 11.6 Å². The van der Waals surface area contributed by atoms with E-state index in [-0.39, 0.29) is 17.2 Å². The molecule has 31 heavy (non-hydrogen) atoms. The van der Waals surface area contributed by atoms with Gasteiger partial charge in [0.05, 0.1) is 5.52 Å². The van der Waals surface area contributed by atoms with E-state index in [0.717, 1.165) is 17.0 Å². The topological polar surface area (TPSA) is 60.1 Å². The summed E-state index contributed by atoms with van der Waals surface area (Å²) in [4.78, 5) is 32.0. The summed E-state index contributed by atoms with van der Waals surface area (Å²) in [5.41, 5.74) is 3.85. The second kappa shape index (κ2) is 7.59. The largest absolute Gasteiger partial charge is 0.333 e. The van der Waals surface area contributed by atoms with Crippen molar-refractivity contribution >= 4 is 46.1 Å². The Morgan fingerprint density at radius 2 is 2.03 bits per heavy atom. The van der Waals surface area contributed by atoms with Crippen LogP contribution in [0.1, 0.15) is 32.6 Å². The minimum atomic E-state index is -0.236. The van der Waals surface area contributed by atoms with E-state index in [1.165, 1.54) is 9.47 Å². The van der Waals surface area contributed by atoms with E-state index in [2.05, 4.69) is 9.55 Å². The molecule has 1 atom stereocenters. The van der Waals surface area contributed by atoms with E-state index < -0.39 is 0 Å². The number of amides is 1. The van der Waals surface area contributed by atoms with Gasteiger partial charge in [0, 0.05) is 77.4 Å². The van der Waals surface area contributed by atoms with Gasteiger partial charge in [-0.3, -0.25) is 14.3 Å². The number of aromatic nitrogens is 3. The van der Waals surface area contributed by atoms with Gasteiger partial charge in [-0.2, -0.15) is 0 Å². The van der Waals surface area contributed by atoms with Crippen molar-refractivity contribution in [3.8, 4) is 0 Å². The molecule has 1 aliphatic heterocycles. The number of ketones is 1. The van der Waals surface area contributed by atoms with Crippen LogP contribution in [0.3, 0.4) is 0 Å². The number of hydrogen-bond donors (Lipinski definition) is 0. The molecule has 3 aromatic heterocycles. The Morgan fingerprint density at radius 3 is 2.77 bits per heavy atom. The second-order valence-corrected chi connectivity index (χ2v) is 9.12. The first-order valence-corrected chi connectivity index (χ1v) is 11.2. The predicted molar refractivity (Wildman–Crippen MR) is 123 cm³/mol. The maximum Gasteiger partial charge on any atom is 0.328 e. The van der Waals surface area contributed by atoms with Gasteiger partial charge in [0.1, 0.15) is 5.37 Å². The van der Waals surface area contributed by atoms with Gasteiger partial charge in [-0.05, 0) is 24.3 Å². The summed E-state index contributed by atoms with van der Waals surface area (Å²) in [6.07, 6.45) is 7.20. The summed E-state index contributed by atoms with van der Waals surface area (Å²) in [6.45, 7) is 0. The van der Waals surface area contributed by atoms with Crippen LogP contribution >= 0.6 is 23.4 Å². The minimum Gasteiger partial charge on any atom is -0.333 e. The summed E-state index contributed by atoms with van der Waals surface area (Å²) in [6, 6.07) is 10.9. The van der Waals surface area contributed by atoms with Crippen LogP contribution in [0.4, 0.5) is 4.79 Å². The zero-order valence-electron chi connectivity index (χ0n) is 16.9. The number of rotatable bonds is 3. The van der Waals surface area contributed by atoms with Crippen LogP contribution in [0.15, 0.2) is 61.2 Å². The molecule has 0 fully saturated rings. The highest BCUT2D eigenvalue weighted by Crippen LogP contribution is 2.42. The van der Waals surface area contributed by atoms with Gasteiger partial charge in [-0.15, -0.1) is 11.8 Å². The molecule has 1 unspecified atom stereocenters. The number of carbonyl (C=O) groups is 2. The molecule has 4 heterocycles. The molecule has 8 heteroatoms. The van der Waals surface area contributed by atoms with Crippen molar-refractivity contribution in [3.05, 3.63) is 88.6 Å². The van der Waals surface area contributed by atoms with Gasteiger partial charge >= 0.3 is 6.03 Å². The highest BCUT2D eigenvalue weighted by atomic mass is 35.5. The van der Waals surface area contributed by atoms with Crippen LogP contribution in [-0.2, 0) is 5.75 Å². The van der Waals surface area contributed by atoms with Crippen LogP contribution < -0.4 is 0 Å². The molecule has 0 radical (unpaired) electrons. The van der Waals surface area contributed by atoms with Gasteiger partial charge in [-0.25, -0.2) is 4.79 Å². The van der Waals surface area contributed by atoms with Crippen molar-refractivity contribution in [1.82, 2.24) is 19.0 Å². The number of thioether (sulfide) groups is 1. The number of carbonyl (C=O) groups excluding carboxylic acids is 2. The number of hydrogen-bond acceptors (Lipinski definition) is 4. The summed E-state index contributed by atoms with van der Waals surface area (Å²) >= 11 is 7.94. The van der Waals surface area contributed by atoms with E-state index >= 15 is 0 Å². The number of pyridine rings is 1. The predicted octanol–water partition coefficient (Wildman–Crippen LogP) is 5.05. The molecule has 156 valence electrons. The SMILES string of the molecule is CN(C)C(=O)n1cc(C(=O)c2ccn3c2CSC3c2cccnc2)c2ccc(Cl)cc21. The lowest BCUT2D eigenvalue weighted by atomic mass is 10.0. The maximum absolute atomic E-state index is 13.6. The van der Waals surface area contributed by atoms with Gasteiger partial charge in [-0.1, -0.05) is 23.7 Å². The van der Waals surface area contributed by atoms with Crippen molar-refractivity contribution < 1.29 is 9.59 Å². The molecular weight excluding hydrogens is 432 g/mol. The van der Waals surface area contributed by atoms with E-state index in [9.17, 15) is 9.59 Å². The van der Waals surface area contributed by atoms with Crippen LogP contribution in [-0.4, -0.2) is 44.9 Å². The Morgan fingerprint density at radius 1 is 1.19 bits per heavy atom. The molecule has 1 aliphatic rings. The fraction of sp³-hybridized carbons (Fsp3) is 0.174. The third kappa shape index (κ3) is 3.25. The molecule has 1 aromatic carbocycles. The van der Waals surface area contributed by atoms with Crippen molar-refractivity contribution in [1.29, 1.82) is 0 Å². The quantitative estimate of drug-likeness (QED) is 0.410. The van der Waals surface area contributed by atoms with Crippen molar-refractivity contribution in [3.63, 3.8) is 0 Å². The molecule has 5 rings (SSSR count). The Balaban J connectivity index is 1.59. The Bertz CT molecular complexity index is 1330. The Kier molecular flexibility index (Phi) is 4.87. The molecule has 4 aromatic rings. The summed E-state index contributed by atoms with van der Waals surface area (Å²) in [5.74, 6) is 0.633. The smallest absolute Gasteiger partial charge is 0.328 e. The molecule has 0 aliphatic carbocycles. The fourth-order valence-corrected chi connectivity index (χ4v) is 5.45. The number of nitrogens with zero attached hydrogens (tertiary/aromatic N) is 4. The highest BCUT2D eigenvalue weighted by Gasteiger charge is 2.30. The number of benzene rings is 1. The first kappa shape index (κ1) is 19.9. The molecule has 0 saturated carbocycles. The third-order valence-corrected chi connectivity index (χ3v) is 6.96. The van der Waals surface area contributed by atoms with Crippen molar-refractivity contribution in [2.24, 2.45) is 0 Å². The molecule has 0 N–H and O–H groups in total. The fourth-order valence-electron chi connectivity index (χ4n) is 3.98. The van der Waals surface area contributed by atoms with Crippen molar-refractivity contribution in [2.45, 2.75) is 11.1 Å². The van der Waals surface area contributed by atoms with Crippen LogP contribution in [0, 0.1) is 0 Å². The number of halogens is 1. The summed E-state index contributed by atoms with van der Waals surface area (Å²) in [7, 11) is 3.35. The van der Waals surface area contributed by atoms with Crippen LogP contribution in [0.25, 0.3) is 10.9 Å². The monoisotopic (exact) mass is 450 g/mol. The van der Waals surface area contributed by atoms with Gasteiger partial charge in [0.15, 0.2) is 5.78 Å². The van der Waals surface area contributed by atoms with Crippen LogP contribution in [0.5, 0.6) is 0 Å². The normalized spacial score (nSPS) is 15.3. The van der Waals surface area contributed by atoms with Gasteiger partial charge in [0.25, 0.3) is 0 Å². The van der Waals surface area contributed by atoms with Crippen LogP contribution in [0.2, 0.25) is 5.02 Å². The molecule has 1 amide bonds. The molecule has 0 spiro atoms. The van der Waals surface area contributed by atoms with Crippen molar-refractivity contribution in [2.75, 3.05) is 14.1 Å². The maximum atomic E-state index is 13.6. The van der Waals surface area contributed by atoms with E-state index in [0.29, 0.717) is 27.1 Å². The van der Waals surface area contributed by atoms with Gasteiger partial charge in [0.2, 0.25) is 0 Å². The zero-order valence-corrected chi connectivity index (χ0v) is 18.5. The Labute approximate surface area is 188 Å². The molecule has 0 bridgehead atoms. The lowest BCUT2D eigenvalue weighted by molar-refractivity contribution is 0.103. The first-order chi connectivity index (χ1) is 15.0. The van der Waals surface area contributed by atoms with E-state index in [1.807, 2.05) is 30.6 Å². The minimum absolute atomic E-state index is 0.0979. The first-order valence-electron chi connectivity index (χ1n) is 9.74. The zero-order chi connectivity index (χ0) is 21.7. The third-order valence-electron chi connectivity index (χ3n) is 5.47. The lowest BCUT2D eigenvalue weighted by Gasteiger charge is -2.12. The Hall–Kier alpha value is -3.03. The van der Waals surface area contributed by atoms with E-state index in [1.54, 1.807) is 56.5 Å². The average molecular weight is 451 g/mol. The standard InChI is InChI=1S/C23H19ClN4O2S/c1-26(2)23(30)28-12-18(16-6-5-15(24)10-19(16)28)21(29)17-7-9-27-20(17)13-31-22(27)14-4-3-8-25-11-14/h3-12,22H,13H2,1-2H3. The lowest BCUT2D eigenvalue weighted by Crippen LogP contribution is -2.26. The highest BCUT2D eigenvalue weighted by molar-refractivity contribution is 7.99. The average Bonchev–Trinajstić information content (AvgIpc) is 3.46. The molecule has 6 nitrogen and oxygen atoms in total. The van der Waals surface area contributed by atoms with Gasteiger partial charge < -0.3 is 9.47 Å².